The highest BCUT2D eigenvalue weighted by molar-refractivity contribution is 5.97. The molecule has 0 aliphatic rings. The molecule has 0 saturated heterocycles. The lowest BCUT2D eigenvalue weighted by atomic mass is 10.0. The second-order valence-electron chi connectivity index (χ2n) is 6.93. The molecule has 0 bridgehead atoms. The van der Waals surface area contributed by atoms with Crippen LogP contribution in [-0.4, -0.2) is 34.6 Å². The van der Waals surface area contributed by atoms with Crippen molar-refractivity contribution in [2.24, 2.45) is 5.92 Å². The third-order valence-corrected chi connectivity index (χ3v) is 4.27. The van der Waals surface area contributed by atoms with E-state index in [9.17, 15) is 19.8 Å². The molecule has 0 fully saturated rings. The molecule has 0 aromatic heterocycles. The zero-order valence-corrected chi connectivity index (χ0v) is 15.8. The van der Waals surface area contributed by atoms with Crippen LogP contribution in [-0.2, 0) is 11.2 Å². The Bertz CT molecular complexity index is 818. The van der Waals surface area contributed by atoms with E-state index in [4.69, 9.17) is 0 Å². The number of carbonyl (C=O) groups excluding carboxylic acids is 2. The highest BCUT2D eigenvalue weighted by atomic mass is 16.3. The summed E-state index contributed by atoms with van der Waals surface area (Å²) in [4.78, 5) is 25.0. The topological polar surface area (TPSA) is 98.7 Å². The van der Waals surface area contributed by atoms with Crippen molar-refractivity contribution >= 4 is 11.8 Å². The Hall–Kier alpha value is -3.02. The molecule has 0 aliphatic heterocycles. The molecule has 1 atom stereocenters. The summed E-state index contributed by atoms with van der Waals surface area (Å²) >= 11 is 0. The van der Waals surface area contributed by atoms with Crippen LogP contribution >= 0.6 is 0 Å². The first kappa shape index (κ1) is 20.3. The van der Waals surface area contributed by atoms with Gasteiger partial charge in [0.05, 0.1) is 0 Å². The number of carbonyl (C=O) groups is 2. The van der Waals surface area contributed by atoms with Crippen molar-refractivity contribution < 1.29 is 19.8 Å². The van der Waals surface area contributed by atoms with Crippen LogP contribution in [0.25, 0.3) is 0 Å². The Morgan fingerprint density at radius 3 is 2.41 bits per heavy atom. The Morgan fingerprint density at radius 2 is 1.78 bits per heavy atom. The predicted octanol–water partition coefficient (Wildman–Crippen LogP) is 2.52. The van der Waals surface area contributed by atoms with Gasteiger partial charge in [-0.15, -0.1) is 0 Å². The minimum atomic E-state index is -0.647. The van der Waals surface area contributed by atoms with E-state index in [-0.39, 0.29) is 29.2 Å². The van der Waals surface area contributed by atoms with Crippen molar-refractivity contribution in [2.75, 3.05) is 6.54 Å². The van der Waals surface area contributed by atoms with Crippen molar-refractivity contribution in [2.45, 2.75) is 33.2 Å². The molecule has 2 rings (SSSR count). The number of aryl methyl sites for hydroxylation is 1. The lowest BCUT2D eigenvalue weighted by molar-refractivity contribution is -0.123. The molecule has 0 saturated carbocycles. The van der Waals surface area contributed by atoms with E-state index < -0.39 is 6.04 Å². The highest BCUT2D eigenvalue weighted by Gasteiger charge is 2.24. The average Bonchev–Trinajstić information content (AvgIpc) is 2.62. The van der Waals surface area contributed by atoms with Gasteiger partial charge in [0, 0.05) is 12.1 Å². The predicted molar refractivity (Wildman–Crippen MR) is 104 cm³/mol. The SMILES string of the molecule is Cc1cccc(C(=O)NC(C(=O)NCCc2ccc(O)c(O)c2)C(C)C)c1. The first-order chi connectivity index (χ1) is 12.8. The highest BCUT2D eigenvalue weighted by Crippen LogP contribution is 2.24. The van der Waals surface area contributed by atoms with Crippen LogP contribution in [0.15, 0.2) is 42.5 Å². The molecular formula is C21H26N2O4. The van der Waals surface area contributed by atoms with Crippen molar-refractivity contribution in [1.82, 2.24) is 10.6 Å². The maximum Gasteiger partial charge on any atom is 0.251 e. The van der Waals surface area contributed by atoms with E-state index in [1.54, 1.807) is 18.2 Å². The summed E-state index contributed by atoms with van der Waals surface area (Å²) in [6.45, 7) is 6.01. The van der Waals surface area contributed by atoms with Gasteiger partial charge in [-0.2, -0.15) is 0 Å². The van der Waals surface area contributed by atoms with E-state index in [2.05, 4.69) is 10.6 Å². The van der Waals surface area contributed by atoms with Gasteiger partial charge in [-0.05, 0) is 49.1 Å². The Kier molecular flexibility index (Phi) is 6.82. The van der Waals surface area contributed by atoms with Gasteiger partial charge in [0.25, 0.3) is 5.91 Å². The minimum absolute atomic E-state index is 0.0727. The molecule has 1 unspecified atom stereocenters. The van der Waals surface area contributed by atoms with Gasteiger partial charge in [0.1, 0.15) is 6.04 Å². The van der Waals surface area contributed by atoms with Gasteiger partial charge < -0.3 is 20.8 Å². The number of rotatable bonds is 7. The van der Waals surface area contributed by atoms with Crippen LogP contribution in [0, 0.1) is 12.8 Å². The fourth-order valence-corrected chi connectivity index (χ4v) is 2.71. The van der Waals surface area contributed by atoms with Crippen LogP contribution < -0.4 is 10.6 Å². The number of phenolic OH excluding ortho intramolecular Hbond substituents is 2. The largest absolute Gasteiger partial charge is 0.504 e. The van der Waals surface area contributed by atoms with Gasteiger partial charge in [-0.25, -0.2) is 0 Å². The van der Waals surface area contributed by atoms with Gasteiger partial charge in [-0.1, -0.05) is 37.6 Å². The summed E-state index contributed by atoms with van der Waals surface area (Å²) in [5, 5.41) is 24.5. The second kappa shape index (κ2) is 9.07. The lowest BCUT2D eigenvalue weighted by Crippen LogP contribution is -2.50. The zero-order valence-electron chi connectivity index (χ0n) is 15.8. The van der Waals surface area contributed by atoms with Gasteiger partial charge in [-0.3, -0.25) is 9.59 Å². The summed E-state index contributed by atoms with van der Waals surface area (Å²) < 4.78 is 0. The number of amides is 2. The molecule has 144 valence electrons. The molecular weight excluding hydrogens is 344 g/mol. The molecule has 2 aromatic rings. The van der Waals surface area contributed by atoms with Gasteiger partial charge in [0.2, 0.25) is 5.91 Å². The van der Waals surface area contributed by atoms with Crippen LogP contribution in [0.5, 0.6) is 11.5 Å². The normalized spacial score (nSPS) is 11.9. The van der Waals surface area contributed by atoms with E-state index in [0.717, 1.165) is 11.1 Å². The van der Waals surface area contributed by atoms with Gasteiger partial charge in [0.15, 0.2) is 11.5 Å². The molecule has 0 spiro atoms. The fourth-order valence-electron chi connectivity index (χ4n) is 2.71. The van der Waals surface area contributed by atoms with Crippen LogP contribution in [0.3, 0.4) is 0 Å². The fraction of sp³-hybridized carbons (Fsp3) is 0.333. The Morgan fingerprint density at radius 1 is 1.04 bits per heavy atom. The van der Waals surface area contributed by atoms with E-state index in [0.29, 0.717) is 18.5 Å². The van der Waals surface area contributed by atoms with Crippen molar-refractivity contribution in [3.8, 4) is 11.5 Å². The second-order valence-corrected chi connectivity index (χ2v) is 6.93. The van der Waals surface area contributed by atoms with Gasteiger partial charge >= 0.3 is 0 Å². The third kappa shape index (κ3) is 5.74. The zero-order chi connectivity index (χ0) is 20.0. The number of nitrogens with one attached hydrogen (secondary N) is 2. The summed E-state index contributed by atoms with van der Waals surface area (Å²) in [6.07, 6.45) is 0.496. The molecule has 0 radical (unpaired) electrons. The summed E-state index contributed by atoms with van der Waals surface area (Å²) in [7, 11) is 0. The summed E-state index contributed by atoms with van der Waals surface area (Å²) in [5.74, 6) is -0.979. The number of benzene rings is 2. The number of hydrogen-bond acceptors (Lipinski definition) is 4. The van der Waals surface area contributed by atoms with Crippen molar-refractivity contribution in [3.63, 3.8) is 0 Å². The van der Waals surface area contributed by atoms with Crippen LogP contribution in [0.2, 0.25) is 0 Å². The molecule has 2 amide bonds. The lowest BCUT2D eigenvalue weighted by Gasteiger charge is -2.22. The van der Waals surface area contributed by atoms with Crippen molar-refractivity contribution in [1.29, 1.82) is 0 Å². The standard InChI is InChI=1S/C21H26N2O4/c1-13(2)19(23-20(26)16-6-4-5-14(3)11-16)21(27)22-10-9-15-7-8-17(24)18(25)12-15/h4-8,11-13,19,24-25H,9-10H2,1-3H3,(H,22,27)(H,23,26). The number of hydrogen-bond donors (Lipinski definition) is 4. The Balaban J connectivity index is 1.94. The van der Waals surface area contributed by atoms with E-state index in [1.807, 2.05) is 32.9 Å². The quantitative estimate of drug-likeness (QED) is 0.563. The summed E-state index contributed by atoms with van der Waals surface area (Å²) in [6, 6.07) is 11.1. The molecule has 27 heavy (non-hydrogen) atoms. The maximum atomic E-state index is 12.5. The minimum Gasteiger partial charge on any atom is -0.504 e. The first-order valence-corrected chi connectivity index (χ1v) is 8.94. The molecule has 0 aliphatic carbocycles. The third-order valence-electron chi connectivity index (χ3n) is 4.27. The maximum absolute atomic E-state index is 12.5. The molecule has 6 heteroatoms. The first-order valence-electron chi connectivity index (χ1n) is 8.94. The Labute approximate surface area is 159 Å². The van der Waals surface area contributed by atoms with Crippen LogP contribution in [0.1, 0.15) is 35.3 Å². The van der Waals surface area contributed by atoms with E-state index in [1.165, 1.54) is 12.1 Å². The average molecular weight is 370 g/mol. The monoisotopic (exact) mass is 370 g/mol. The smallest absolute Gasteiger partial charge is 0.251 e. The molecule has 2 aromatic carbocycles. The van der Waals surface area contributed by atoms with Crippen molar-refractivity contribution in [3.05, 3.63) is 59.2 Å². The molecule has 4 N–H and O–H groups in total. The number of phenols is 2. The summed E-state index contributed by atoms with van der Waals surface area (Å²) in [5.41, 5.74) is 2.29. The number of aromatic hydroxyl groups is 2. The van der Waals surface area contributed by atoms with E-state index >= 15 is 0 Å². The van der Waals surface area contributed by atoms with Crippen LogP contribution in [0.4, 0.5) is 0 Å². The molecule has 0 heterocycles. The molecule has 6 nitrogen and oxygen atoms in total.